The fourth-order valence-electron chi connectivity index (χ4n) is 6.34. The second kappa shape index (κ2) is 8.05. The lowest BCUT2D eigenvalue weighted by molar-refractivity contribution is -0.158. The van der Waals surface area contributed by atoms with Crippen molar-refractivity contribution in [2.24, 2.45) is 35.5 Å². The van der Waals surface area contributed by atoms with Crippen molar-refractivity contribution in [3.63, 3.8) is 0 Å². The molecule has 1 aliphatic heterocycles. The molecule has 2 aromatic rings. The molecule has 5 aliphatic rings. The minimum Gasteiger partial charge on any atom is -0.456 e. The zero-order valence-electron chi connectivity index (χ0n) is 18.6. The van der Waals surface area contributed by atoms with Gasteiger partial charge in [0.25, 0.3) is 0 Å². The Kier molecular flexibility index (Phi) is 4.97. The smallest absolute Gasteiger partial charge is 0.330 e. The largest absolute Gasteiger partial charge is 0.456 e. The van der Waals surface area contributed by atoms with E-state index in [0.29, 0.717) is 17.4 Å². The van der Waals surface area contributed by atoms with Gasteiger partial charge in [0.1, 0.15) is 6.04 Å². The summed E-state index contributed by atoms with van der Waals surface area (Å²) in [7, 11) is 0. The van der Waals surface area contributed by atoms with E-state index in [0.717, 1.165) is 16.9 Å². The lowest BCUT2D eigenvalue weighted by atomic mass is 9.63. The van der Waals surface area contributed by atoms with Crippen LogP contribution in [-0.4, -0.2) is 41.1 Å². The number of rotatable bonds is 7. The zero-order valence-corrected chi connectivity index (χ0v) is 18.6. The summed E-state index contributed by atoms with van der Waals surface area (Å²) in [5.41, 5.74) is 1.26. The van der Waals surface area contributed by atoms with Crippen LogP contribution in [0.3, 0.4) is 0 Å². The number of ether oxygens (including phenoxy) is 1. The molecule has 172 valence electrons. The Morgan fingerprint density at radius 2 is 1.41 bits per heavy atom. The molecule has 0 spiro atoms. The van der Waals surface area contributed by atoms with Crippen LogP contribution in [0.5, 0.6) is 0 Å². The van der Waals surface area contributed by atoms with Gasteiger partial charge < -0.3 is 4.74 Å². The van der Waals surface area contributed by atoms with Gasteiger partial charge in [0.15, 0.2) is 12.4 Å². The Labute approximate surface area is 197 Å². The minimum atomic E-state index is -1.09. The number of likely N-dealkylation sites (tertiary alicyclic amines) is 1. The number of carbonyl (C=O) groups is 4. The topological polar surface area (TPSA) is 80.8 Å². The van der Waals surface area contributed by atoms with E-state index in [-0.39, 0.29) is 47.7 Å². The van der Waals surface area contributed by atoms with Gasteiger partial charge in [0.2, 0.25) is 11.8 Å². The number of Topliss-reactive ketones (excluding diaryl/α,β-unsaturated/α-hetero) is 1. The third-order valence-electron chi connectivity index (χ3n) is 7.99. The molecule has 6 heteroatoms. The number of allylic oxidation sites excluding steroid dienone is 2. The average Bonchev–Trinajstić information content (AvgIpc) is 3.65. The van der Waals surface area contributed by atoms with Gasteiger partial charge in [-0.25, -0.2) is 4.79 Å². The molecule has 0 aromatic heterocycles. The molecular weight excluding hydrogens is 430 g/mol. The van der Waals surface area contributed by atoms with Crippen molar-refractivity contribution in [3.8, 4) is 0 Å². The Hall–Kier alpha value is -3.54. The molecule has 2 amide bonds. The summed E-state index contributed by atoms with van der Waals surface area (Å²) in [5.74, 6) is -1.25. The maximum Gasteiger partial charge on any atom is 0.330 e. The molecular formula is C28H25NO5. The zero-order chi connectivity index (χ0) is 23.4. The molecule has 1 heterocycles. The standard InChI is InChI=1S/C28H25NO5/c30-23(17-9-5-2-6-10-17)15-34-28(33)22(13-16-7-3-1-4-8-16)29-26(31)24-18-11-12-19(21-14-20(18)21)25(24)27(29)32/h1-12,18-22,24-25H,13-15H2/t18-,19-,20-,21+,22-,24-,25+/m0/s1. The fraction of sp³-hybridized carbons (Fsp3) is 0.357. The van der Waals surface area contributed by atoms with Crippen molar-refractivity contribution in [1.82, 2.24) is 4.90 Å². The predicted octanol–water partition coefficient (Wildman–Crippen LogP) is 3.08. The molecule has 2 aromatic carbocycles. The van der Waals surface area contributed by atoms with Gasteiger partial charge in [-0.1, -0.05) is 72.8 Å². The number of ketones is 1. The third-order valence-corrected chi connectivity index (χ3v) is 7.99. The van der Waals surface area contributed by atoms with Crippen LogP contribution in [0.1, 0.15) is 22.3 Å². The minimum absolute atomic E-state index is 0.0782. The summed E-state index contributed by atoms with van der Waals surface area (Å²) in [6.45, 7) is -0.436. The summed E-state index contributed by atoms with van der Waals surface area (Å²) in [4.78, 5) is 54.1. The Balaban J connectivity index is 1.26. The first-order valence-electron chi connectivity index (χ1n) is 11.9. The summed E-state index contributed by atoms with van der Waals surface area (Å²) in [6, 6.07) is 16.8. The number of nitrogens with zero attached hydrogens (tertiary/aromatic N) is 1. The number of hydrogen-bond acceptors (Lipinski definition) is 5. The predicted molar refractivity (Wildman–Crippen MR) is 122 cm³/mol. The number of imide groups is 1. The lowest BCUT2D eigenvalue weighted by Crippen LogP contribution is -2.48. The maximum atomic E-state index is 13.6. The van der Waals surface area contributed by atoms with E-state index >= 15 is 0 Å². The first-order chi connectivity index (χ1) is 16.5. The molecule has 1 saturated heterocycles. The highest BCUT2D eigenvalue weighted by molar-refractivity contribution is 6.09. The molecule has 7 rings (SSSR count). The molecule has 0 N–H and O–H groups in total. The van der Waals surface area contributed by atoms with Crippen molar-refractivity contribution in [2.45, 2.75) is 18.9 Å². The Bertz CT molecular complexity index is 1150. The van der Waals surface area contributed by atoms with E-state index in [9.17, 15) is 19.2 Å². The summed E-state index contributed by atoms with van der Waals surface area (Å²) < 4.78 is 5.40. The number of hydrogen-bond donors (Lipinski definition) is 0. The van der Waals surface area contributed by atoms with Crippen LogP contribution < -0.4 is 0 Å². The number of benzene rings is 2. The number of amides is 2. The molecule has 3 fully saturated rings. The molecule has 6 nitrogen and oxygen atoms in total. The molecule has 2 bridgehead atoms. The molecule has 4 aliphatic carbocycles. The maximum absolute atomic E-state index is 13.6. The van der Waals surface area contributed by atoms with Gasteiger partial charge in [0.05, 0.1) is 11.8 Å². The van der Waals surface area contributed by atoms with Gasteiger partial charge in [-0.15, -0.1) is 0 Å². The molecule has 34 heavy (non-hydrogen) atoms. The average molecular weight is 456 g/mol. The first-order valence-corrected chi connectivity index (χ1v) is 11.9. The quantitative estimate of drug-likeness (QED) is 0.277. The van der Waals surface area contributed by atoms with Gasteiger partial charge in [-0.2, -0.15) is 0 Å². The van der Waals surface area contributed by atoms with Gasteiger partial charge >= 0.3 is 5.97 Å². The highest BCUT2D eigenvalue weighted by Gasteiger charge is 2.68. The van der Waals surface area contributed by atoms with Crippen LogP contribution in [0.25, 0.3) is 0 Å². The van der Waals surface area contributed by atoms with Crippen LogP contribution in [-0.2, 0) is 25.5 Å². The molecule has 7 atom stereocenters. The van der Waals surface area contributed by atoms with Crippen LogP contribution >= 0.6 is 0 Å². The van der Waals surface area contributed by atoms with Crippen molar-refractivity contribution >= 4 is 23.6 Å². The van der Waals surface area contributed by atoms with E-state index in [1.54, 1.807) is 30.3 Å². The van der Waals surface area contributed by atoms with E-state index in [1.807, 2.05) is 30.3 Å². The van der Waals surface area contributed by atoms with Crippen LogP contribution in [0.4, 0.5) is 0 Å². The summed E-state index contributed by atoms with van der Waals surface area (Å²) >= 11 is 0. The SMILES string of the molecule is O=C(COC(=O)[C@H](Cc1ccccc1)N1C(=O)[C@@H]2[C@H]3C=C[C@@H]([C@@H]4C[C@H]34)[C@@H]2C1=O)c1ccccc1. The number of esters is 1. The monoisotopic (exact) mass is 455 g/mol. The van der Waals surface area contributed by atoms with Gasteiger partial charge in [0, 0.05) is 12.0 Å². The Morgan fingerprint density at radius 3 is 2.00 bits per heavy atom. The van der Waals surface area contributed by atoms with E-state index in [2.05, 4.69) is 12.2 Å². The lowest BCUT2D eigenvalue weighted by Gasteiger charge is -2.37. The molecule has 2 saturated carbocycles. The van der Waals surface area contributed by atoms with E-state index in [1.165, 1.54) is 0 Å². The summed E-state index contributed by atoms with van der Waals surface area (Å²) in [5, 5.41) is 0. The first kappa shape index (κ1) is 21.0. The molecule has 0 unspecified atom stereocenters. The van der Waals surface area contributed by atoms with Crippen molar-refractivity contribution in [1.29, 1.82) is 0 Å². The van der Waals surface area contributed by atoms with Crippen molar-refractivity contribution in [3.05, 3.63) is 83.9 Å². The van der Waals surface area contributed by atoms with Crippen LogP contribution in [0, 0.1) is 35.5 Å². The second-order valence-electron chi connectivity index (χ2n) is 9.80. The van der Waals surface area contributed by atoms with Gasteiger partial charge in [-0.05, 0) is 35.7 Å². The van der Waals surface area contributed by atoms with Crippen LogP contribution in [0.15, 0.2) is 72.8 Å². The van der Waals surface area contributed by atoms with E-state index < -0.39 is 18.6 Å². The Morgan fingerprint density at radius 1 is 0.853 bits per heavy atom. The fourth-order valence-corrected chi connectivity index (χ4v) is 6.34. The molecule has 0 radical (unpaired) electrons. The van der Waals surface area contributed by atoms with Crippen LogP contribution in [0.2, 0.25) is 0 Å². The second-order valence-corrected chi connectivity index (χ2v) is 9.80. The number of carbonyl (C=O) groups excluding carboxylic acids is 4. The van der Waals surface area contributed by atoms with Gasteiger partial charge in [-0.3, -0.25) is 19.3 Å². The highest BCUT2D eigenvalue weighted by atomic mass is 16.5. The third kappa shape index (κ3) is 3.31. The van der Waals surface area contributed by atoms with E-state index in [4.69, 9.17) is 4.74 Å². The normalized spacial score (nSPS) is 31.1. The van der Waals surface area contributed by atoms with Crippen molar-refractivity contribution < 1.29 is 23.9 Å². The highest BCUT2D eigenvalue weighted by Crippen LogP contribution is 2.65. The summed E-state index contributed by atoms with van der Waals surface area (Å²) in [6.07, 6.45) is 5.45. The van der Waals surface area contributed by atoms with Crippen molar-refractivity contribution in [2.75, 3.05) is 6.61 Å².